The van der Waals surface area contributed by atoms with Crippen LogP contribution in [0.1, 0.15) is 42.8 Å². The first-order valence-electron chi connectivity index (χ1n) is 5.82. The molecule has 3 nitrogen and oxygen atoms in total. The van der Waals surface area contributed by atoms with E-state index in [0.29, 0.717) is 17.4 Å². The van der Waals surface area contributed by atoms with Gasteiger partial charge in [0.2, 0.25) is 0 Å². The highest BCUT2D eigenvalue weighted by atomic mass is 32.1. The Hall–Kier alpha value is -1.16. The van der Waals surface area contributed by atoms with Crippen molar-refractivity contribution >= 4 is 23.1 Å². The van der Waals surface area contributed by atoms with Crippen LogP contribution in [0, 0.1) is 5.92 Å². The van der Waals surface area contributed by atoms with Crippen LogP contribution in [-0.4, -0.2) is 18.4 Å². The number of ketones is 1. The highest BCUT2D eigenvalue weighted by molar-refractivity contribution is 7.12. The Bertz CT molecular complexity index is 355. The van der Waals surface area contributed by atoms with Gasteiger partial charge >= 0.3 is 5.97 Å². The zero-order chi connectivity index (χ0) is 12.7. The average molecular weight is 254 g/mol. The zero-order valence-electron chi connectivity index (χ0n) is 10.3. The van der Waals surface area contributed by atoms with Gasteiger partial charge in [0, 0.05) is 6.42 Å². The summed E-state index contributed by atoms with van der Waals surface area (Å²) in [5.41, 5.74) is 0. The maximum absolute atomic E-state index is 11.6. The molecule has 1 aromatic heterocycles. The molecule has 0 spiro atoms. The van der Waals surface area contributed by atoms with E-state index in [-0.39, 0.29) is 24.6 Å². The Morgan fingerprint density at radius 3 is 2.71 bits per heavy atom. The number of Topliss-reactive ketones (excluding diaryl/α,β-unsaturated/α-hetero) is 1. The summed E-state index contributed by atoms with van der Waals surface area (Å²) in [6.07, 6.45) is 1.28. The normalized spacial score (nSPS) is 10.5. The van der Waals surface area contributed by atoms with Gasteiger partial charge in [0.15, 0.2) is 5.78 Å². The number of thiophene rings is 1. The maximum atomic E-state index is 11.6. The summed E-state index contributed by atoms with van der Waals surface area (Å²) in [5.74, 6) is 0.256. The Balaban J connectivity index is 2.18. The van der Waals surface area contributed by atoms with Crippen molar-refractivity contribution < 1.29 is 14.3 Å². The molecule has 0 saturated carbocycles. The minimum atomic E-state index is -0.282. The lowest BCUT2D eigenvalue weighted by atomic mass is 10.1. The van der Waals surface area contributed by atoms with Crippen LogP contribution in [0.4, 0.5) is 0 Å². The number of rotatable bonds is 7. The molecular weight excluding hydrogens is 236 g/mol. The molecule has 0 amide bonds. The van der Waals surface area contributed by atoms with Crippen molar-refractivity contribution in [1.82, 2.24) is 0 Å². The van der Waals surface area contributed by atoms with Gasteiger partial charge in [-0.05, 0) is 23.8 Å². The number of carbonyl (C=O) groups excluding carboxylic acids is 2. The Labute approximate surface area is 106 Å². The van der Waals surface area contributed by atoms with Crippen molar-refractivity contribution in [1.29, 1.82) is 0 Å². The van der Waals surface area contributed by atoms with Crippen LogP contribution in [0.2, 0.25) is 0 Å². The number of hydrogen-bond donors (Lipinski definition) is 0. The summed E-state index contributed by atoms with van der Waals surface area (Å²) in [4.78, 5) is 23.6. The number of ether oxygens (including phenoxy) is 1. The quantitative estimate of drug-likeness (QED) is 0.554. The van der Waals surface area contributed by atoms with Gasteiger partial charge in [0.05, 0.1) is 17.9 Å². The monoisotopic (exact) mass is 254 g/mol. The van der Waals surface area contributed by atoms with Gasteiger partial charge in [0.25, 0.3) is 0 Å². The number of hydrogen-bond acceptors (Lipinski definition) is 4. The molecule has 0 aliphatic heterocycles. The summed E-state index contributed by atoms with van der Waals surface area (Å²) in [6, 6.07) is 3.61. The predicted molar refractivity (Wildman–Crippen MR) is 68.3 cm³/mol. The minimum Gasteiger partial charge on any atom is -0.466 e. The third kappa shape index (κ3) is 5.63. The van der Waals surface area contributed by atoms with Gasteiger partial charge in [-0.15, -0.1) is 11.3 Å². The zero-order valence-corrected chi connectivity index (χ0v) is 11.1. The van der Waals surface area contributed by atoms with E-state index < -0.39 is 0 Å². The molecule has 0 N–H and O–H groups in total. The molecule has 0 aliphatic carbocycles. The van der Waals surface area contributed by atoms with Crippen molar-refractivity contribution in [3.63, 3.8) is 0 Å². The Morgan fingerprint density at radius 1 is 1.35 bits per heavy atom. The van der Waals surface area contributed by atoms with E-state index in [1.54, 1.807) is 6.07 Å². The van der Waals surface area contributed by atoms with Crippen LogP contribution >= 0.6 is 11.3 Å². The summed E-state index contributed by atoms with van der Waals surface area (Å²) < 4.78 is 5.03. The summed E-state index contributed by atoms with van der Waals surface area (Å²) >= 11 is 1.40. The fourth-order valence-electron chi connectivity index (χ4n) is 1.26. The smallest absolute Gasteiger partial charge is 0.306 e. The predicted octanol–water partition coefficient (Wildman–Crippen LogP) is 3.30. The second kappa shape index (κ2) is 7.22. The van der Waals surface area contributed by atoms with Crippen molar-refractivity contribution in [2.75, 3.05) is 6.61 Å². The van der Waals surface area contributed by atoms with Gasteiger partial charge in [-0.25, -0.2) is 0 Å². The van der Waals surface area contributed by atoms with Crippen molar-refractivity contribution in [2.45, 2.75) is 33.1 Å². The van der Waals surface area contributed by atoms with E-state index in [2.05, 4.69) is 13.8 Å². The standard InChI is InChI=1S/C13H18O3S/c1-10(2)7-8-16-13(15)6-5-11(14)12-4-3-9-17-12/h3-4,9-10H,5-8H2,1-2H3. The molecule has 1 rings (SSSR count). The Kier molecular flexibility index (Phi) is 5.91. The maximum Gasteiger partial charge on any atom is 0.306 e. The topological polar surface area (TPSA) is 43.4 Å². The van der Waals surface area contributed by atoms with E-state index in [9.17, 15) is 9.59 Å². The van der Waals surface area contributed by atoms with E-state index in [1.807, 2.05) is 11.4 Å². The number of esters is 1. The summed E-state index contributed by atoms with van der Waals surface area (Å²) in [7, 11) is 0. The molecule has 1 heterocycles. The van der Waals surface area contributed by atoms with Crippen LogP contribution in [0.3, 0.4) is 0 Å². The molecule has 0 atom stereocenters. The second-order valence-electron chi connectivity index (χ2n) is 4.30. The molecule has 0 aliphatic rings. The lowest BCUT2D eigenvalue weighted by Crippen LogP contribution is -2.09. The molecule has 4 heteroatoms. The van der Waals surface area contributed by atoms with Crippen LogP contribution in [0.25, 0.3) is 0 Å². The molecule has 1 aromatic rings. The highest BCUT2D eigenvalue weighted by Gasteiger charge is 2.10. The molecular formula is C13H18O3S. The first-order valence-corrected chi connectivity index (χ1v) is 6.70. The minimum absolute atomic E-state index is 0.0146. The summed E-state index contributed by atoms with van der Waals surface area (Å²) in [6.45, 7) is 4.60. The first-order chi connectivity index (χ1) is 8.09. The lowest BCUT2D eigenvalue weighted by Gasteiger charge is -2.06. The average Bonchev–Trinajstić information content (AvgIpc) is 2.78. The molecule has 0 radical (unpaired) electrons. The fraction of sp³-hybridized carbons (Fsp3) is 0.538. The molecule has 0 bridgehead atoms. The SMILES string of the molecule is CC(C)CCOC(=O)CCC(=O)c1cccs1. The molecule has 0 aromatic carbocycles. The molecule has 94 valence electrons. The highest BCUT2D eigenvalue weighted by Crippen LogP contribution is 2.12. The molecule has 0 saturated heterocycles. The van der Waals surface area contributed by atoms with Crippen molar-refractivity contribution in [3.05, 3.63) is 22.4 Å². The lowest BCUT2D eigenvalue weighted by molar-refractivity contribution is -0.143. The van der Waals surface area contributed by atoms with E-state index in [1.165, 1.54) is 11.3 Å². The van der Waals surface area contributed by atoms with Gasteiger partial charge < -0.3 is 4.74 Å². The summed E-state index contributed by atoms with van der Waals surface area (Å²) in [5, 5.41) is 1.86. The third-order valence-electron chi connectivity index (χ3n) is 2.31. The molecule has 0 fully saturated rings. The largest absolute Gasteiger partial charge is 0.466 e. The molecule has 17 heavy (non-hydrogen) atoms. The van der Waals surface area contributed by atoms with Crippen LogP contribution in [-0.2, 0) is 9.53 Å². The van der Waals surface area contributed by atoms with E-state index in [0.717, 1.165) is 6.42 Å². The van der Waals surface area contributed by atoms with E-state index >= 15 is 0 Å². The van der Waals surface area contributed by atoms with Crippen molar-refractivity contribution in [3.8, 4) is 0 Å². The van der Waals surface area contributed by atoms with Crippen LogP contribution in [0.5, 0.6) is 0 Å². The number of carbonyl (C=O) groups is 2. The van der Waals surface area contributed by atoms with E-state index in [4.69, 9.17) is 4.74 Å². The Morgan fingerprint density at radius 2 is 2.12 bits per heavy atom. The fourth-order valence-corrected chi connectivity index (χ4v) is 1.95. The van der Waals surface area contributed by atoms with Gasteiger partial charge in [-0.3, -0.25) is 9.59 Å². The van der Waals surface area contributed by atoms with Gasteiger partial charge in [0.1, 0.15) is 0 Å². The van der Waals surface area contributed by atoms with Crippen molar-refractivity contribution in [2.24, 2.45) is 5.92 Å². The van der Waals surface area contributed by atoms with Gasteiger partial charge in [-0.1, -0.05) is 19.9 Å². The second-order valence-corrected chi connectivity index (χ2v) is 5.25. The first kappa shape index (κ1) is 13.9. The third-order valence-corrected chi connectivity index (χ3v) is 3.22. The van der Waals surface area contributed by atoms with Gasteiger partial charge in [-0.2, -0.15) is 0 Å². The van der Waals surface area contributed by atoms with Crippen LogP contribution in [0.15, 0.2) is 17.5 Å². The molecule has 0 unspecified atom stereocenters. The van der Waals surface area contributed by atoms with Crippen LogP contribution < -0.4 is 0 Å².